The Labute approximate surface area is 103 Å². The lowest BCUT2D eigenvalue weighted by atomic mass is 10.1. The van der Waals surface area contributed by atoms with Crippen LogP contribution < -0.4 is 0 Å². The predicted molar refractivity (Wildman–Crippen MR) is 65.9 cm³/mol. The van der Waals surface area contributed by atoms with E-state index in [1.807, 2.05) is 12.1 Å². The molecule has 0 aliphatic rings. The Balaban J connectivity index is 2.62. The summed E-state index contributed by atoms with van der Waals surface area (Å²) in [6, 6.07) is 11.6. The molecule has 94 valence electrons. The third kappa shape index (κ3) is 2.34. The average Bonchev–Trinajstić information content (AvgIpc) is 2.26. The van der Waals surface area contributed by atoms with Gasteiger partial charge in [0.2, 0.25) is 5.25 Å². The van der Waals surface area contributed by atoms with Crippen LogP contribution in [0, 0.1) is 0 Å². The summed E-state index contributed by atoms with van der Waals surface area (Å²) < 4.78 is 31.1. The molecule has 0 fully saturated rings. The number of fused-ring (bicyclic) bond motifs is 1. The Bertz CT molecular complexity index is 705. The molecule has 2 rings (SSSR count). The lowest BCUT2D eigenvalue weighted by molar-refractivity contribution is -0.136. The first-order chi connectivity index (χ1) is 8.39. The van der Waals surface area contributed by atoms with Crippen LogP contribution in [0.3, 0.4) is 0 Å². The molecule has 0 amide bonds. The van der Waals surface area contributed by atoms with Crippen molar-refractivity contribution in [3.05, 3.63) is 48.0 Å². The summed E-state index contributed by atoms with van der Waals surface area (Å²) in [5, 5.41) is 8.51. The van der Waals surface area contributed by atoms with E-state index in [2.05, 4.69) is 0 Å². The smallest absolute Gasteiger partial charge is 0.329 e. The van der Waals surface area contributed by atoms with Crippen LogP contribution in [0.5, 0.6) is 0 Å². The first-order valence-corrected chi connectivity index (χ1v) is 6.58. The molecular weight excluding hydrogens is 256 g/mol. The Morgan fingerprint density at radius 3 is 2.22 bits per heavy atom. The van der Waals surface area contributed by atoms with Gasteiger partial charge < -0.3 is 5.11 Å². The molecule has 0 saturated carbocycles. The largest absolute Gasteiger partial charge is 0.480 e. The number of carboxylic acids is 1. The van der Waals surface area contributed by atoms with Gasteiger partial charge in [0.15, 0.2) is 0 Å². The number of benzene rings is 2. The molecule has 6 heteroatoms. The van der Waals surface area contributed by atoms with Crippen molar-refractivity contribution in [3.8, 4) is 0 Å². The number of carbonyl (C=O) groups is 1. The Morgan fingerprint density at radius 1 is 1.06 bits per heavy atom. The highest BCUT2D eigenvalue weighted by atomic mass is 32.2. The number of carboxylic acid groups (broad SMARTS) is 1. The zero-order valence-electron chi connectivity index (χ0n) is 9.15. The van der Waals surface area contributed by atoms with Crippen molar-refractivity contribution in [2.75, 3.05) is 0 Å². The second-order valence-electron chi connectivity index (χ2n) is 3.84. The maximum atomic E-state index is 11.1. The van der Waals surface area contributed by atoms with Gasteiger partial charge in [0.1, 0.15) is 0 Å². The SMILES string of the molecule is O=C(O)C(c1ccc2ccccc2c1)S(=O)(=O)O. The van der Waals surface area contributed by atoms with Gasteiger partial charge >= 0.3 is 5.97 Å². The zero-order valence-corrected chi connectivity index (χ0v) is 9.96. The average molecular weight is 266 g/mol. The molecule has 0 aliphatic heterocycles. The second kappa shape index (κ2) is 4.40. The predicted octanol–water partition coefficient (Wildman–Crippen LogP) is 1.85. The Hall–Kier alpha value is -1.92. The van der Waals surface area contributed by atoms with Crippen molar-refractivity contribution in [1.29, 1.82) is 0 Å². The quantitative estimate of drug-likeness (QED) is 0.827. The summed E-state index contributed by atoms with van der Waals surface area (Å²) in [7, 11) is -4.69. The van der Waals surface area contributed by atoms with E-state index in [0.29, 0.717) is 5.39 Å². The zero-order chi connectivity index (χ0) is 13.3. The maximum absolute atomic E-state index is 11.1. The van der Waals surface area contributed by atoms with E-state index in [4.69, 9.17) is 9.66 Å². The standard InChI is InChI=1S/C12H10O5S/c13-12(14)11(18(15,16)17)10-6-5-8-3-1-2-4-9(8)7-10/h1-7,11H,(H,13,14)(H,15,16,17). The molecule has 2 aromatic rings. The van der Waals surface area contributed by atoms with Gasteiger partial charge in [-0.15, -0.1) is 0 Å². The van der Waals surface area contributed by atoms with E-state index < -0.39 is 21.3 Å². The monoisotopic (exact) mass is 266 g/mol. The first kappa shape index (κ1) is 12.5. The topological polar surface area (TPSA) is 91.7 Å². The van der Waals surface area contributed by atoms with Gasteiger partial charge in [0, 0.05) is 0 Å². The molecule has 0 aromatic heterocycles. The minimum atomic E-state index is -4.69. The van der Waals surface area contributed by atoms with Gasteiger partial charge in [-0.1, -0.05) is 36.4 Å². The molecule has 5 nitrogen and oxygen atoms in total. The summed E-state index contributed by atoms with van der Waals surface area (Å²) in [6.07, 6.45) is 0. The van der Waals surface area contributed by atoms with E-state index >= 15 is 0 Å². The lowest BCUT2D eigenvalue weighted by Gasteiger charge is -2.10. The van der Waals surface area contributed by atoms with Crippen LogP contribution in [0.2, 0.25) is 0 Å². The molecule has 2 N–H and O–H groups in total. The number of rotatable bonds is 3. The van der Waals surface area contributed by atoms with Crippen LogP contribution in [0.4, 0.5) is 0 Å². The molecule has 1 unspecified atom stereocenters. The van der Waals surface area contributed by atoms with E-state index in [1.54, 1.807) is 18.2 Å². The second-order valence-corrected chi connectivity index (χ2v) is 5.34. The Kier molecular flexibility index (Phi) is 3.06. The van der Waals surface area contributed by atoms with Crippen molar-refractivity contribution >= 4 is 26.9 Å². The molecular formula is C12H10O5S. The van der Waals surface area contributed by atoms with Crippen molar-refractivity contribution in [2.45, 2.75) is 5.25 Å². The normalized spacial score (nSPS) is 13.4. The minimum Gasteiger partial charge on any atom is -0.480 e. The number of aliphatic carboxylic acids is 1. The molecule has 0 bridgehead atoms. The van der Waals surface area contributed by atoms with E-state index in [0.717, 1.165) is 5.39 Å². The molecule has 18 heavy (non-hydrogen) atoms. The third-order valence-electron chi connectivity index (χ3n) is 2.60. The van der Waals surface area contributed by atoms with Gasteiger partial charge in [-0.3, -0.25) is 9.35 Å². The molecule has 0 radical (unpaired) electrons. The molecule has 0 spiro atoms. The Morgan fingerprint density at radius 2 is 1.67 bits per heavy atom. The van der Waals surface area contributed by atoms with Crippen molar-refractivity contribution < 1.29 is 22.9 Å². The van der Waals surface area contributed by atoms with Gasteiger partial charge in [-0.2, -0.15) is 8.42 Å². The van der Waals surface area contributed by atoms with Crippen LogP contribution in [-0.2, 0) is 14.9 Å². The fraction of sp³-hybridized carbons (Fsp3) is 0.0833. The highest BCUT2D eigenvalue weighted by Crippen LogP contribution is 2.25. The van der Waals surface area contributed by atoms with E-state index in [1.165, 1.54) is 12.1 Å². The summed E-state index contributed by atoms with van der Waals surface area (Å²) >= 11 is 0. The van der Waals surface area contributed by atoms with E-state index in [9.17, 15) is 13.2 Å². The fourth-order valence-corrected chi connectivity index (χ4v) is 2.56. The summed E-state index contributed by atoms with van der Waals surface area (Å²) in [6.45, 7) is 0. The first-order valence-electron chi connectivity index (χ1n) is 5.07. The molecule has 2 aromatic carbocycles. The lowest BCUT2D eigenvalue weighted by Crippen LogP contribution is -2.21. The van der Waals surface area contributed by atoms with Crippen LogP contribution >= 0.6 is 0 Å². The minimum absolute atomic E-state index is 0.0312. The highest BCUT2D eigenvalue weighted by molar-refractivity contribution is 7.86. The summed E-state index contributed by atoms with van der Waals surface area (Å²) in [5.41, 5.74) is 0.0312. The summed E-state index contributed by atoms with van der Waals surface area (Å²) in [4.78, 5) is 10.9. The van der Waals surface area contributed by atoms with Crippen molar-refractivity contribution in [3.63, 3.8) is 0 Å². The number of hydrogen-bond donors (Lipinski definition) is 2. The van der Waals surface area contributed by atoms with Crippen LogP contribution in [0.1, 0.15) is 10.8 Å². The highest BCUT2D eigenvalue weighted by Gasteiger charge is 2.32. The molecule has 0 aliphatic carbocycles. The van der Waals surface area contributed by atoms with Gasteiger partial charge in [0.25, 0.3) is 10.1 Å². The van der Waals surface area contributed by atoms with Crippen molar-refractivity contribution in [2.24, 2.45) is 0 Å². The summed E-state index contributed by atoms with van der Waals surface area (Å²) in [5.74, 6) is -1.60. The molecule has 1 atom stereocenters. The molecule has 0 saturated heterocycles. The van der Waals surface area contributed by atoms with E-state index in [-0.39, 0.29) is 5.56 Å². The van der Waals surface area contributed by atoms with Crippen LogP contribution in [0.25, 0.3) is 10.8 Å². The van der Waals surface area contributed by atoms with Crippen LogP contribution in [-0.4, -0.2) is 24.0 Å². The fourth-order valence-electron chi connectivity index (χ4n) is 1.81. The van der Waals surface area contributed by atoms with Crippen LogP contribution in [0.15, 0.2) is 42.5 Å². The third-order valence-corrected chi connectivity index (χ3v) is 3.67. The van der Waals surface area contributed by atoms with Gasteiger partial charge in [-0.05, 0) is 22.4 Å². The van der Waals surface area contributed by atoms with Gasteiger partial charge in [0.05, 0.1) is 0 Å². The van der Waals surface area contributed by atoms with Gasteiger partial charge in [-0.25, -0.2) is 0 Å². The molecule has 0 heterocycles. The number of hydrogen-bond acceptors (Lipinski definition) is 3. The van der Waals surface area contributed by atoms with Crippen molar-refractivity contribution in [1.82, 2.24) is 0 Å². The maximum Gasteiger partial charge on any atom is 0.329 e.